The highest BCUT2D eigenvalue weighted by molar-refractivity contribution is 9.10. The van der Waals surface area contributed by atoms with Crippen molar-refractivity contribution in [3.63, 3.8) is 0 Å². The molecule has 0 aliphatic rings. The number of nitrogens with one attached hydrogen (secondary N) is 1. The lowest BCUT2D eigenvalue weighted by Gasteiger charge is -2.22. The summed E-state index contributed by atoms with van der Waals surface area (Å²) >= 11 is 9.43. The Hall–Kier alpha value is -2.30. The Kier molecular flexibility index (Phi) is 7.88. The molecule has 0 unspecified atom stereocenters. The predicted molar refractivity (Wildman–Crippen MR) is 117 cm³/mol. The number of sulfonamides is 1. The van der Waals surface area contributed by atoms with Crippen molar-refractivity contribution < 1.29 is 22.7 Å². The van der Waals surface area contributed by atoms with E-state index in [2.05, 4.69) is 26.5 Å². The summed E-state index contributed by atoms with van der Waals surface area (Å²) in [5.74, 6) is 0.375. The molecule has 0 bridgehead atoms. The number of anilines is 1. The number of halogens is 2. The van der Waals surface area contributed by atoms with Crippen molar-refractivity contribution in [3.8, 4) is 11.5 Å². The third-order valence-electron chi connectivity index (χ3n) is 3.67. The van der Waals surface area contributed by atoms with Gasteiger partial charge in [0.15, 0.2) is 11.5 Å². The zero-order valence-electron chi connectivity index (χ0n) is 15.8. The highest BCUT2D eigenvalue weighted by atomic mass is 79.9. The molecule has 1 amide bonds. The van der Waals surface area contributed by atoms with Crippen LogP contribution < -0.4 is 19.2 Å². The van der Waals surface area contributed by atoms with Gasteiger partial charge in [0.1, 0.15) is 6.54 Å². The minimum absolute atomic E-state index is 0.208. The Morgan fingerprint density at radius 2 is 1.97 bits per heavy atom. The first-order chi connectivity index (χ1) is 13.7. The minimum Gasteiger partial charge on any atom is -0.493 e. The number of hydrazone groups is 1. The second-order valence-electron chi connectivity index (χ2n) is 5.75. The minimum atomic E-state index is -3.74. The quantitative estimate of drug-likeness (QED) is 0.440. The van der Waals surface area contributed by atoms with Crippen molar-refractivity contribution in [2.24, 2.45) is 5.10 Å². The van der Waals surface area contributed by atoms with Crippen LogP contribution in [0.5, 0.6) is 11.5 Å². The molecule has 1 N–H and O–H groups in total. The molecule has 0 heterocycles. The number of amides is 1. The van der Waals surface area contributed by atoms with E-state index in [0.717, 1.165) is 10.6 Å². The molecular weight excluding hydrogens is 486 g/mol. The van der Waals surface area contributed by atoms with Crippen molar-refractivity contribution in [1.82, 2.24) is 5.43 Å². The lowest BCUT2D eigenvalue weighted by molar-refractivity contribution is -0.119. The molecule has 29 heavy (non-hydrogen) atoms. The number of rotatable bonds is 8. The van der Waals surface area contributed by atoms with Crippen molar-refractivity contribution in [3.05, 3.63) is 51.5 Å². The predicted octanol–water partition coefficient (Wildman–Crippen LogP) is 3.04. The monoisotopic (exact) mass is 503 g/mol. The van der Waals surface area contributed by atoms with E-state index in [-0.39, 0.29) is 10.7 Å². The van der Waals surface area contributed by atoms with Crippen LogP contribution in [0.1, 0.15) is 5.56 Å². The van der Waals surface area contributed by atoms with Gasteiger partial charge in [-0.05, 0) is 45.8 Å². The molecule has 0 saturated carbocycles. The Bertz CT molecular complexity index is 1030. The van der Waals surface area contributed by atoms with E-state index < -0.39 is 22.5 Å². The number of benzene rings is 2. The normalized spacial score (nSPS) is 11.3. The number of hydrogen-bond donors (Lipinski definition) is 1. The van der Waals surface area contributed by atoms with E-state index in [9.17, 15) is 13.2 Å². The van der Waals surface area contributed by atoms with Crippen LogP contribution in [0.15, 0.2) is 46.0 Å². The van der Waals surface area contributed by atoms with Gasteiger partial charge in [-0.3, -0.25) is 9.10 Å². The average molecular weight is 505 g/mol. The van der Waals surface area contributed by atoms with Gasteiger partial charge in [-0.25, -0.2) is 13.8 Å². The first-order valence-corrected chi connectivity index (χ1v) is 11.1. The van der Waals surface area contributed by atoms with Crippen LogP contribution in [-0.2, 0) is 14.8 Å². The van der Waals surface area contributed by atoms with Crippen molar-refractivity contribution in [2.45, 2.75) is 0 Å². The SMILES string of the molecule is COc1cc(/C=N/NC(=O)CN(c2ccccc2Cl)S(C)(=O)=O)cc(Br)c1OC. The van der Waals surface area contributed by atoms with Gasteiger partial charge < -0.3 is 9.47 Å². The van der Waals surface area contributed by atoms with Crippen molar-refractivity contribution >= 4 is 55.4 Å². The summed E-state index contributed by atoms with van der Waals surface area (Å²) < 4.78 is 36.2. The molecule has 0 aromatic heterocycles. The number of hydrogen-bond acceptors (Lipinski definition) is 6. The molecule has 0 fully saturated rings. The molecule has 0 aliphatic heterocycles. The van der Waals surface area contributed by atoms with E-state index in [0.29, 0.717) is 21.5 Å². The zero-order chi connectivity index (χ0) is 21.6. The van der Waals surface area contributed by atoms with Crippen LogP contribution in [0, 0.1) is 0 Å². The number of nitrogens with zero attached hydrogens (tertiary/aromatic N) is 2. The van der Waals surface area contributed by atoms with E-state index >= 15 is 0 Å². The van der Waals surface area contributed by atoms with Crippen LogP contribution in [0.2, 0.25) is 5.02 Å². The fourth-order valence-corrected chi connectivity index (χ4v) is 4.17. The number of para-hydroxylation sites is 1. The smallest absolute Gasteiger partial charge is 0.260 e. The van der Waals surface area contributed by atoms with Crippen LogP contribution >= 0.6 is 27.5 Å². The average Bonchev–Trinajstić information content (AvgIpc) is 2.65. The molecule has 2 rings (SSSR count). The Labute approximate surface area is 182 Å². The molecule has 0 saturated heterocycles. The fourth-order valence-electron chi connectivity index (χ4n) is 2.39. The van der Waals surface area contributed by atoms with Crippen LogP contribution in [0.4, 0.5) is 5.69 Å². The second-order valence-corrected chi connectivity index (χ2v) is 8.92. The summed E-state index contributed by atoms with van der Waals surface area (Å²) in [6.07, 6.45) is 2.39. The maximum atomic E-state index is 12.2. The maximum absolute atomic E-state index is 12.2. The summed E-state index contributed by atoms with van der Waals surface area (Å²) in [6.45, 7) is -0.477. The van der Waals surface area contributed by atoms with Gasteiger partial charge in [-0.2, -0.15) is 5.10 Å². The topological polar surface area (TPSA) is 97.3 Å². The largest absolute Gasteiger partial charge is 0.493 e. The van der Waals surface area contributed by atoms with Crippen molar-refractivity contribution in [1.29, 1.82) is 0 Å². The second kappa shape index (κ2) is 9.95. The summed E-state index contributed by atoms with van der Waals surface area (Å²) in [5, 5.41) is 4.08. The van der Waals surface area contributed by atoms with E-state index in [1.54, 1.807) is 30.3 Å². The van der Waals surface area contributed by atoms with Gasteiger partial charge >= 0.3 is 0 Å². The van der Waals surface area contributed by atoms with Crippen LogP contribution in [-0.4, -0.2) is 47.6 Å². The Morgan fingerprint density at radius 1 is 1.28 bits per heavy atom. The molecule has 2 aromatic rings. The molecule has 0 aliphatic carbocycles. The van der Waals surface area contributed by atoms with Gasteiger partial charge in [0, 0.05) is 0 Å². The van der Waals surface area contributed by atoms with E-state index in [1.807, 2.05) is 0 Å². The molecule has 0 radical (unpaired) electrons. The highest BCUT2D eigenvalue weighted by Gasteiger charge is 2.22. The number of ether oxygens (including phenoxy) is 2. The third kappa shape index (κ3) is 6.09. The maximum Gasteiger partial charge on any atom is 0.260 e. The highest BCUT2D eigenvalue weighted by Crippen LogP contribution is 2.35. The van der Waals surface area contributed by atoms with Gasteiger partial charge in [0.25, 0.3) is 5.91 Å². The first kappa shape index (κ1) is 23.0. The number of carbonyl (C=O) groups is 1. The van der Waals surface area contributed by atoms with E-state index in [4.69, 9.17) is 21.1 Å². The third-order valence-corrected chi connectivity index (χ3v) is 5.70. The molecule has 0 spiro atoms. The first-order valence-electron chi connectivity index (χ1n) is 8.13. The molecule has 0 atom stereocenters. The molecule has 2 aromatic carbocycles. The Balaban J connectivity index is 2.14. The van der Waals surface area contributed by atoms with Gasteiger partial charge in [0.2, 0.25) is 10.0 Å². The summed E-state index contributed by atoms with van der Waals surface area (Å²) in [4.78, 5) is 12.2. The van der Waals surface area contributed by atoms with Crippen molar-refractivity contribution in [2.75, 3.05) is 31.3 Å². The summed E-state index contributed by atoms with van der Waals surface area (Å²) in [5.41, 5.74) is 3.14. The number of methoxy groups -OCH3 is 2. The number of carbonyl (C=O) groups excluding carboxylic acids is 1. The van der Waals surface area contributed by atoms with E-state index in [1.165, 1.54) is 26.5 Å². The summed E-state index contributed by atoms with van der Waals surface area (Å²) in [7, 11) is -0.717. The lowest BCUT2D eigenvalue weighted by atomic mass is 10.2. The standard InChI is InChI=1S/C18H19BrClN3O5S/c1-27-16-9-12(8-13(19)18(16)28-2)10-21-22-17(24)11-23(29(3,25)26)15-7-5-4-6-14(15)20/h4-10H,11H2,1-3H3,(H,22,24)/b21-10+. The Morgan fingerprint density at radius 3 is 2.55 bits per heavy atom. The van der Waals surface area contributed by atoms with Gasteiger partial charge in [0.05, 0.1) is 41.9 Å². The van der Waals surface area contributed by atoms with Gasteiger partial charge in [-0.1, -0.05) is 23.7 Å². The van der Waals surface area contributed by atoms with Crippen LogP contribution in [0.25, 0.3) is 0 Å². The molecule has 156 valence electrons. The zero-order valence-corrected chi connectivity index (χ0v) is 19.0. The molecule has 8 nitrogen and oxygen atoms in total. The van der Waals surface area contributed by atoms with Gasteiger partial charge in [-0.15, -0.1) is 0 Å². The molecular formula is C18H19BrClN3O5S. The summed E-state index contributed by atoms with van der Waals surface area (Å²) in [6, 6.07) is 9.75. The molecule has 11 heteroatoms. The van der Waals surface area contributed by atoms with Crippen LogP contribution in [0.3, 0.4) is 0 Å². The fraction of sp³-hybridized carbons (Fsp3) is 0.222. The lowest BCUT2D eigenvalue weighted by Crippen LogP contribution is -2.39.